The number of nitrogens with one attached hydrogen (secondary N) is 1. The number of aryl methyl sites for hydroxylation is 1. The van der Waals surface area contributed by atoms with Crippen molar-refractivity contribution in [3.63, 3.8) is 0 Å². The molecule has 1 N–H and O–H groups in total. The molecule has 0 radical (unpaired) electrons. The molecule has 1 aromatic rings. The van der Waals surface area contributed by atoms with Gasteiger partial charge in [0.1, 0.15) is 5.82 Å². The molecule has 2 fully saturated rings. The second kappa shape index (κ2) is 9.44. The highest BCUT2D eigenvalue weighted by Gasteiger charge is 2.31. The highest BCUT2D eigenvalue weighted by atomic mass is 19.1. The number of nitrogens with zero attached hydrogens (tertiary/aromatic N) is 3. The smallest absolute Gasteiger partial charge is 0.240 e. The molecule has 2 heterocycles. The Balaban J connectivity index is 1.59. The van der Waals surface area contributed by atoms with Gasteiger partial charge in [-0.2, -0.15) is 0 Å². The summed E-state index contributed by atoms with van der Waals surface area (Å²) in [4.78, 5) is 19.9. The van der Waals surface area contributed by atoms with Crippen LogP contribution in [0.5, 0.6) is 0 Å². The summed E-state index contributed by atoms with van der Waals surface area (Å²) in [6.45, 7) is 7.33. The molecule has 0 saturated carbocycles. The Labute approximate surface area is 156 Å². The predicted octanol–water partition coefficient (Wildman–Crippen LogP) is 1.20. The fourth-order valence-electron chi connectivity index (χ4n) is 3.84. The summed E-state index contributed by atoms with van der Waals surface area (Å²) >= 11 is 0. The van der Waals surface area contributed by atoms with Gasteiger partial charge in [-0.25, -0.2) is 4.39 Å². The lowest BCUT2D eigenvalue weighted by Gasteiger charge is -2.39. The van der Waals surface area contributed by atoms with Gasteiger partial charge in [0.25, 0.3) is 0 Å². The van der Waals surface area contributed by atoms with Crippen LogP contribution < -0.4 is 5.32 Å². The van der Waals surface area contributed by atoms with Crippen molar-refractivity contribution in [3.05, 3.63) is 35.6 Å². The molecule has 144 valence electrons. The van der Waals surface area contributed by atoms with Gasteiger partial charge in [-0.15, -0.1) is 0 Å². The molecule has 0 spiro atoms. The van der Waals surface area contributed by atoms with Crippen molar-refractivity contribution in [3.8, 4) is 0 Å². The van der Waals surface area contributed by atoms with Gasteiger partial charge >= 0.3 is 0 Å². The second-order valence-corrected chi connectivity index (χ2v) is 7.45. The van der Waals surface area contributed by atoms with E-state index in [2.05, 4.69) is 22.2 Å². The van der Waals surface area contributed by atoms with Crippen molar-refractivity contribution in [2.45, 2.75) is 25.3 Å². The maximum atomic E-state index is 13.2. The lowest BCUT2D eigenvalue weighted by Crippen LogP contribution is -2.57. The van der Waals surface area contributed by atoms with E-state index < -0.39 is 0 Å². The molecule has 0 bridgehead atoms. The van der Waals surface area contributed by atoms with Gasteiger partial charge in [-0.3, -0.25) is 9.69 Å². The second-order valence-electron chi connectivity index (χ2n) is 7.45. The number of amides is 1. The third-order valence-electron chi connectivity index (χ3n) is 5.55. The molecule has 1 unspecified atom stereocenters. The quantitative estimate of drug-likeness (QED) is 0.825. The zero-order chi connectivity index (χ0) is 18.4. The molecule has 5 nitrogen and oxygen atoms in total. The summed E-state index contributed by atoms with van der Waals surface area (Å²) in [6.07, 6.45) is 2.70. The Kier molecular flexibility index (Phi) is 7.00. The van der Waals surface area contributed by atoms with Crippen molar-refractivity contribution < 1.29 is 9.18 Å². The Hall–Kier alpha value is -1.50. The van der Waals surface area contributed by atoms with Gasteiger partial charge in [-0.1, -0.05) is 12.1 Å². The van der Waals surface area contributed by atoms with E-state index >= 15 is 0 Å². The summed E-state index contributed by atoms with van der Waals surface area (Å²) in [7, 11) is 2.11. The van der Waals surface area contributed by atoms with Crippen LogP contribution in [0.3, 0.4) is 0 Å². The SMILES string of the molecule is CN1CCN(C(=O)C(CCCc2ccc(F)cc2)N2CCNCC2)CC1. The number of carbonyl (C=O) groups excluding carboxylic acids is 1. The van der Waals surface area contributed by atoms with Gasteiger partial charge in [0.2, 0.25) is 5.91 Å². The molecular weight excluding hydrogens is 331 g/mol. The first-order valence-electron chi connectivity index (χ1n) is 9.80. The van der Waals surface area contributed by atoms with Gasteiger partial charge < -0.3 is 15.1 Å². The number of carbonyl (C=O) groups is 1. The zero-order valence-electron chi connectivity index (χ0n) is 15.8. The number of rotatable bonds is 6. The summed E-state index contributed by atoms with van der Waals surface area (Å²) in [5.74, 6) is 0.0943. The van der Waals surface area contributed by atoms with Crippen LogP contribution in [0.25, 0.3) is 0 Å². The number of hydrogen-bond acceptors (Lipinski definition) is 4. The van der Waals surface area contributed by atoms with E-state index in [4.69, 9.17) is 0 Å². The van der Waals surface area contributed by atoms with Crippen LogP contribution in [0.1, 0.15) is 18.4 Å². The predicted molar refractivity (Wildman–Crippen MR) is 102 cm³/mol. The van der Waals surface area contributed by atoms with E-state index in [1.54, 1.807) is 0 Å². The number of benzene rings is 1. The van der Waals surface area contributed by atoms with Crippen molar-refractivity contribution in [2.75, 3.05) is 59.4 Å². The maximum Gasteiger partial charge on any atom is 0.240 e. The van der Waals surface area contributed by atoms with Gasteiger partial charge in [0.15, 0.2) is 0 Å². The molecule has 1 amide bonds. The first kappa shape index (κ1) is 19.3. The van der Waals surface area contributed by atoms with Crippen molar-refractivity contribution in [2.24, 2.45) is 0 Å². The molecule has 2 aliphatic rings. The van der Waals surface area contributed by atoms with Crippen LogP contribution in [0.2, 0.25) is 0 Å². The Bertz CT molecular complexity index is 566. The first-order chi connectivity index (χ1) is 12.6. The minimum atomic E-state index is -0.197. The number of piperazine rings is 2. The van der Waals surface area contributed by atoms with E-state index in [1.807, 2.05) is 17.0 Å². The standard InChI is InChI=1S/C20H31FN4O/c1-23-13-15-25(16-14-23)20(26)19(24-11-9-22-10-12-24)4-2-3-17-5-7-18(21)8-6-17/h5-8,19,22H,2-4,9-16H2,1H3. The summed E-state index contributed by atoms with van der Waals surface area (Å²) in [5.41, 5.74) is 1.14. The Morgan fingerprint density at radius 1 is 1.08 bits per heavy atom. The van der Waals surface area contributed by atoms with Crippen LogP contribution in [-0.2, 0) is 11.2 Å². The van der Waals surface area contributed by atoms with E-state index in [9.17, 15) is 9.18 Å². The molecule has 3 rings (SSSR count). The molecule has 0 aromatic heterocycles. The maximum absolute atomic E-state index is 13.2. The van der Waals surface area contributed by atoms with Crippen LogP contribution in [0.4, 0.5) is 4.39 Å². The van der Waals surface area contributed by atoms with E-state index in [-0.39, 0.29) is 11.9 Å². The summed E-state index contributed by atoms with van der Waals surface area (Å²) in [6, 6.07) is 6.69. The minimum absolute atomic E-state index is 0.0269. The van der Waals surface area contributed by atoms with Crippen molar-refractivity contribution in [1.29, 1.82) is 0 Å². The average molecular weight is 362 g/mol. The lowest BCUT2D eigenvalue weighted by molar-refractivity contribution is -0.139. The highest BCUT2D eigenvalue weighted by Crippen LogP contribution is 2.16. The molecule has 1 atom stereocenters. The lowest BCUT2D eigenvalue weighted by atomic mass is 10.0. The topological polar surface area (TPSA) is 38.8 Å². The molecule has 2 saturated heterocycles. The van der Waals surface area contributed by atoms with E-state index in [1.165, 1.54) is 12.1 Å². The van der Waals surface area contributed by atoms with Crippen LogP contribution in [0.15, 0.2) is 24.3 Å². The third kappa shape index (κ3) is 5.25. The molecule has 1 aromatic carbocycles. The summed E-state index contributed by atoms with van der Waals surface area (Å²) in [5, 5.41) is 3.37. The number of hydrogen-bond donors (Lipinski definition) is 1. The van der Waals surface area contributed by atoms with Gasteiger partial charge in [0.05, 0.1) is 6.04 Å². The average Bonchev–Trinajstić information content (AvgIpc) is 2.67. The minimum Gasteiger partial charge on any atom is -0.339 e. The first-order valence-corrected chi connectivity index (χ1v) is 9.80. The van der Waals surface area contributed by atoms with Gasteiger partial charge in [0, 0.05) is 52.4 Å². The van der Waals surface area contributed by atoms with Gasteiger partial charge in [-0.05, 0) is 44.0 Å². The number of likely N-dealkylation sites (N-methyl/N-ethyl adjacent to an activating group) is 1. The highest BCUT2D eigenvalue weighted by molar-refractivity contribution is 5.82. The number of halogens is 1. The fraction of sp³-hybridized carbons (Fsp3) is 0.650. The van der Waals surface area contributed by atoms with Crippen molar-refractivity contribution in [1.82, 2.24) is 20.0 Å². The monoisotopic (exact) mass is 362 g/mol. The Morgan fingerprint density at radius 3 is 2.38 bits per heavy atom. The molecular formula is C20H31FN4O. The zero-order valence-corrected chi connectivity index (χ0v) is 15.8. The molecule has 0 aliphatic carbocycles. The normalized spacial score (nSPS) is 20.9. The largest absolute Gasteiger partial charge is 0.339 e. The van der Waals surface area contributed by atoms with Crippen LogP contribution in [0, 0.1) is 5.82 Å². The Morgan fingerprint density at radius 2 is 1.73 bits per heavy atom. The molecule has 26 heavy (non-hydrogen) atoms. The molecule has 2 aliphatic heterocycles. The van der Waals surface area contributed by atoms with E-state index in [0.717, 1.165) is 77.2 Å². The summed E-state index contributed by atoms with van der Waals surface area (Å²) < 4.78 is 13.1. The van der Waals surface area contributed by atoms with E-state index in [0.29, 0.717) is 5.91 Å². The van der Waals surface area contributed by atoms with Crippen LogP contribution >= 0.6 is 0 Å². The van der Waals surface area contributed by atoms with Crippen LogP contribution in [-0.4, -0.2) is 86.1 Å². The third-order valence-corrected chi connectivity index (χ3v) is 5.55. The van der Waals surface area contributed by atoms with Crippen molar-refractivity contribution >= 4 is 5.91 Å². The fourth-order valence-corrected chi connectivity index (χ4v) is 3.84. The molecule has 6 heteroatoms.